The Balaban J connectivity index is 2.01. The molecular weight excluding hydrogens is 260 g/mol. The molecular formula is C14H14N2O4. The molecule has 6 nitrogen and oxygen atoms in total. The summed E-state index contributed by atoms with van der Waals surface area (Å²) in [5.74, 6) is 0.176. The van der Waals surface area contributed by atoms with Gasteiger partial charge in [-0.1, -0.05) is 0 Å². The highest BCUT2D eigenvalue weighted by atomic mass is 16.5. The molecule has 0 atom stereocenters. The zero-order valence-corrected chi connectivity index (χ0v) is 10.9. The minimum Gasteiger partial charge on any atom is -0.504 e. The monoisotopic (exact) mass is 274 g/mol. The van der Waals surface area contributed by atoms with Gasteiger partial charge in [0.05, 0.1) is 19.1 Å². The van der Waals surface area contributed by atoms with Gasteiger partial charge in [0.25, 0.3) is 0 Å². The van der Waals surface area contributed by atoms with Crippen LogP contribution in [0.1, 0.15) is 23.0 Å². The third-order valence-corrected chi connectivity index (χ3v) is 2.41. The first-order chi connectivity index (χ1) is 9.70. The zero-order chi connectivity index (χ0) is 14.4. The summed E-state index contributed by atoms with van der Waals surface area (Å²) < 4.78 is 10.2. The lowest BCUT2D eigenvalue weighted by Crippen LogP contribution is -2.16. The predicted molar refractivity (Wildman–Crippen MR) is 73.0 cm³/mol. The Kier molecular flexibility index (Phi) is 4.39. The van der Waals surface area contributed by atoms with Gasteiger partial charge in [-0.05, 0) is 42.8 Å². The number of phenolic OH excluding ortho intramolecular Hbond substituents is 1. The van der Waals surface area contributed by atoms with Crippen LogP contribution in [0, 0.1) is 0 Å². The Labute approximate surface area is 115 Å². The standard InChI is InChI=1S/C14H14N2O4/c1-2-19-13-8-10(5-6-11(13)17)9-15-16-14(18)12-4-3-7-20-12/h3-9,17H,2H2,1H3,(H,16,18). The largest absolute Gasteiger partial charge is 0.504 e. The number of nitrogens with zero attached hydrogens (tertiary/aromatic N) is 1. The van der Waals surface area contributed by atoms with Crippen LogP contribution in [0.3, 0.4) is 0 Å². The number of phenols is 1. The fourth-order valence-corrected chi connectivity index (χ4v) is 1.51. The first-order valence-corrected chi connectivity index (χ1v) is 6.03. The Bertz CT molecular complexity index is 606. The molecule has 0 saturated heterocycles. The van der Waals surface area contributed by atoms with Crippen molar-refractivity contribution in [1.29, 1.82) is 0 Å². The maximum absolute atomic E-state index is 11.5. The second-order valence-corrected chi connectivity index (χ2v) is 3.84. The summed E-state index contributed by atoms with van der Waals surface area (Å²) in [4.78, 5) is 11.5. The van der Waals surface area contributed by atoms with Gasteiger partial charge in [0.15, 0.2) is 17.3 Å². The van der Waals surface area contributed by atoms with Gasteiger partial charge in [0, 0.05) is 0 Å². The molecule has 0 bridgehead atoms. The minimum atomic E-state index is -0.435. The summed E-state index contributed by atoms with van der Waals surface area (Å²) in [6.45, 7) is 2.27. The van der Waals surface area contributed by atoms with Crippen LogP contribution < -0.4 is 10.2 Å². The third-order valence-electron chi connectivity index (χ3n) is 2.41. The highest BCUT2D eigenvalue weighted by Gasteiger charge is 2.06. The van der Waals surface area contributed by atoms with Crippen LogP contribution in [0.2, 0.25) is 0 Å². The smallest absolute Gasteiger partial charge is 0.307 e. The second-order valence-electron chi connectivity index (χ2n) is 3.84. The van der Waals surface area contributed by atoms with E-state index >= 15 is 0 Å². The second kappa shape index (κ2) is 6.42. The van der Waals surface area contributed by atoms with Crippen molar-refractivity contribution < 1.29 is 19.1 Å². The number of benzene rings is 1. The molecule has 0 radical (unpaired) electrons. The van der Waals surface area contributed by atoms with Gasteiger partial charge in [-0.3, -0.25) is 4.79 Å². The lowest BCUT2D eigenvalue weighted by atomic mass is 10.2. The van der Waals surface area contributed by atoms with Crippen molar-refractivity contribution in [3.63, 3.8) is 0 Å². The lowest BCUT2D eigenvalue weighted by Gasteiger charge is -2.05. The number of ether oxygens (including phenoxy) is 1. The fraction of sp³-hybridized carbons (Fsp3) is 0.143. The molecule has 2 N–H and O–H groups in total. The quantitative estimate of drug-likeness (QED) is 0.646. The Morgan fingerprint density at radius 3 is 3.05 bits per heavy atom. The number of furan rings is 1. The van der Waals surface area contributed by atoms with Crippen LogP contribution in [0.25, 0.3) is 0 Å². The fourth-order valence-electron chi connectivity index (χ4n) is 1.51. The van der Waals surface area contributed by atoms with Gasteiger partial charge < -0.3 is 14.3 Å². The highest BCUT2D eigenvalue weighted by Crippen LogP contribution is 2.26. The number of aromatic hydroxyl groups is 1. The van der Waals surface area contributed by atoms with Crippen molar-refractivity contribution in [1.82, 2.24) is 5.43 Å². The highest BCUT2D eigenvalue weighted by molar-refractivity contribution is 5.92. The normalized spacial score (nSPS) is 10.7. The zero-order valence-electron chi connectivity index (χ0n) is 10.9. The Hall–Kier alpha value is -2.76. The van der Waals surface area contributed by atoms with E-state index in [0.717, 1.165) is 0 Å². The SMILES string of the molecule is CCOc1cc(C=NNC(=O)c2ccco2)ccc1O. The van der Waals surface area contributed by atoms with E-state index in [9.17, 15) is 9.90 Å². The predicted octanol–water partition coefficient (Wildman–Crippen LogP) is 2.15. The lowest BCUT2D eigenvalue weighted by molar-refractivity contribution is 0.0927. The first-order valence-electron chi connectivity index (χ1n) is 6.03. The van der Waals surface area contributed by atoms with E-state index in [1.807, 2.05) is 6.92 Å². The maximum Gasteiger partial charge on any atom is 0.307 e. The van der Waals surface area contributed by atoms with Gasteiger partial charge in [-0.15, -0.1) is 0 Å². The number of hydrogen-bond donors (Lipinski definition) is 2. The van der Waals surface area contributed by atoms with Gasteiger partial charge in [-0.25, -0.2) is 5.43 Å². The van der Waals surface area contributed by atoms with Gasteiger partial charge >= 0.3 is 5.91 Å². The molecule has 0 spiro atoms. The summed E-state index contributed by atoms with van der Waals surface area (Å²) in [6, 6.07) is 7.94. The molecule has 2 rings (SSSR count). The molecule has 20 heavy (non-hydrogen) atoms. The number of rotatable bonds is 5. The number of amides is 1. The van der Waals surface area contributed by atoms with Crippen molar-refractivity contribution in [2.45, 2.75) is 6.92 Å². The average Bonchev–Trinajstić information content (AvgIpc) is 2.96. The van der Waals surface area contributed by atoms with E-state index in [4.69, 9.17) is 9.15 Å². The average molecular weight is 274 g/mol. The molecule has 6 heteroatoms. The molecule has 2 aromatic rings. The summed E-state index contributed by atoms with van der Waals surface area (Å²) in [5.41, 5.74) is 3.02. The van der Waals surface area contributed by atoms with Crippen LogP contribution in [-0.2, 0) is 0 Å². The number of carbonyl (C=O) groups is 1. The van der Waals surface area contributed by atoms with E-state index in [1.165, 1.54) is 18.5 Å². The number of carbonyl (C=O) groups excluding carboxylic acids is 1. The first kappa shape index (κ1) is 13.7. The van der Waals surface area contributed by atoms with Crippen LogP contribution in [0.4, 0.5) is 0 Å². The van der Waals surface area contributed by atoms with Crippen molar-refractivity contribution in [3.8, 4) is 11.5 Å². The topological polar surface area (TPSA) is 84.1 Å². The molecule has 1 heterocycles. The molecule has 1 amide bonds. The Morgan fingerprint density at radius 1 is 1.50 bits per heavy atom. The van der Waals surface area contributed by atoms with Crippen LogP contribution in [0.5, 0.6) is 11.5 Å². The summed E-state index contributed by atoms with van der Waals surface area (Å²) in [7, 11) is 0. The molecule has 104 valence electrons. The van der Waals surface area contributed by atoms with E-state index in [1.54, 1.807) is 24.3 Å². The van der Waals surface area contributed by atoms with Gasteiger partial charge in [0.1, 0.15) is 0 Å². The van der Waals surface area contributed by atoms with E-state index in [-0.39, 0.29) is 11.5 Å². The molecule has 0 fully saturated rings. The molecule has 1 aromatic heterocycles. The number of hydrazone groups is 1. The van der Waals surface area contributed by atoms with E-state index < -0.39 is 5.91 Å². The summed E-state index contributed by atoms with van der Waals surface area (Å²) >= 11 is 0. The van der Waals surface area contributed by atoms with Crippen molar-refractivity contribution in [2.24, 2.45) is 5.10 Å². The minimum absolute atomic E-state index is 0.0589. The van der Waals surface area contributed by atoms with Crippen LogP contribution in [-0.4, -0.2) is 23.8 Å². The van der Waals surface area contributed by atoms with Crippen LogP contribution in [0.15, 0.2) is 46.1 Å². The van der Waals surface area contributed by atoms with Crippen molar-refractivity contribution >= 4 is 12.1 Å². The molecule has 0 aliphatic heterocycles. The molecule has 0 aliphatic carbocycles. The molecule has 0 unspecified atom stereocenters. The molecule has 1 aromatic carbocycles. The van der Waals surface area contributed by atoms with Crippen molar-refractivity contribution in [3.05, 3.63) is 47.9 Å². The molecule has 0 aliphatic rings. The third kappa shape index (κ3) is 3.38. The van der Waals surface area contributed by atoms with Gasteiger partial charge in [0.2, 0.25) is 0 Å². The summed E-state index contributed by atoms with van der Waals surface area (Å²) in [5, 5.41) is 13.4. The van der Waals surface area contributed by atoms with Crippen LogP contribution >= 0.6 is 0 Å². The van der Waals surface area contributed by atoms with E-state index in [0.29, 0.717) is 17.9 Å². The van der Waals surface area contributed by atoms with Crippen molar-refractivity contribution in [2.75, 3.05) is 6.61 Å². The number of hydrogen-bond acceptors (Lipinski definition) is 5. The summed E-state index contributed by atoms with van der Waals surface area (Å²) in [6.07, 6.45) is 2.86. The Morgan fingerprint density at radius 2 is 2.35 bits per heavy atom. The molecule has 0 saturated carbocycles. The van der Waals surface area contributed by atoms with Gasteiger partial charge in [-0.2, -0.15) is 5.10 Å². The van der Waals surface area contributed by atoms with E-state index in [2.05, 4.69) is 10.5 Å². The number of nitrogens with one attached hydrogen (secondary N) is 1. The maximum atomic E-state index is 11.5.